The van der Waals surface area contributed by atoms with E-state index in [1.807, 2.05) is 77.7 Å². The van der Waals surface area contributed by atoms with E-state index in [1.165, 1.54) is 0 Å². The molecule has 0 bridgehead atoms. The predicted octanol–water partition coefficient (Wildman–Crippen LogP) is 7.21. The smallest absolute Gasteiger partial charge is 0.226 e. The van der Waals surface area contributed by atoms with Crippen molar-refractivity contribution in [2.75, 3.05) is 13.2 Å². The monoisotopic (exact) mass is 513 g/mol. The van der Waals surface area contributed by atoms with Crippen molar-refractivity contribution in [1.29, 1.82) is 0 Å². The van der Waals surface area contributed by atoms with Crippen LogP contribution in [0.15, 0.2) is 77.2 Å². The fourth-order valence-electron chi connectivity index (χ4n) is 5.80. The standard InChI is InChI=1S/C33H39NO4/c1-33(2,3)25-15-13-24(14-16-25)32(36)34(20-23-9-5-4-6-10-23)21-26(35)22-37-27-17-18-31-29(19-27)28-11-7-8-12-30(28)38-31/h4-12,17-19,24-26,35H,13-16,20-22H2,1-3H3/t24?,25?,26-/m0/s1. The molecule has 1 N–H and O–H groups in total. The first-order valence-electron chi connectivity index (χ1n) is 13.8. The summed E-state index contributed by atoms with van der Waals surface area (Å²) in [4.78, 5) is 15.5. The number of aliphatic hydroxyl groups excluding tert-OH is 1. The van der Waals surface area contributed by atoms with Gasteiger partial charge in [0.2, 0.25) is 5.91 Å². The Morgan fingerprint density at radius 3 is 2.37 bits per heavy atom. The molecule has 3 aromatic carbocycles. The summed E-state index contributed by atoms with van der Waals surface area (Å²) in [5.41, 5.74) is 2.98. The molecule has 1 aliphatic carbocycles. The van der Waals surface area contributed by atoms with Crippen LogP contribution < -0.4 is 4.74 Å². The lowest BCUT2D eigenvalue weighted by Gasteiger charge is -2.38. The fraction of sp³-hybridized carbons (Fsp3) is 0.424. The van der Waals surface area contributed by atoms with Gasteiger partial charge < -0.3 is 19.2 Å². The van der Waals surface area contributed by atoms with E-state index in [1.54, 1.807) is 0 Å². The molecule has 200 valence electrons. The van der Waals surface area contributed by atoms with Gasteiger partial charge in [-0.3, -0.25) is 4.79 Å². The van der Waals surface area contributed by atoms with Gasteiger partial charge >= 0.3 is 0 Å². The molecule has 1 aliphatic rings. The Bertz CT molecular complexity index is 1360. The lowest BCUT2D eigenvalue weighted by molar-refractivity contribution is -0.139. The SMILES string of the molecule is CC(C)(C)C1CCC(C(=O)N(Cc2ccccc2)C[C@H](O)COc2ccc3oc4ccccc4c3c2)CC1. The van der Waals surface area contributed by atoms with E-state index in [2.05, 4.69) is 20.8 Å². The van der Waals surface area contributed by atoms with E-state index < -0.39 is 6.10 Å². The Morgan fingerprint density at radius 2 is 1.63 bits per heavy atom. The first-order valence-corrected chi connectivity index (χ1v) is 13.8. The molecule has 1 fully saturated rings. The largest absolute Gasteiger partial charge is 0.491 e. The summed E-state index contributed by atoms with van der Waals surface area (Å²) in [7, 11) is 0. The maximum absolute atomic E-state index is 13.7. The van der Waals surface area contributed by atoms with Gasteiger partial charge in [0, 0.05) is 23.2 Å². The molecule has 5 nitrogen and oxygen atoms in total. The summed E-state index contributed by atoms with van der Waals surface area (Å²) < 4.78 is 11.9. The number of benzene rings is 3. The second kappa shape index (κ2) is 11.2. The minimum absolute atomic E-state index is 0.0159. The van der Waals surface area contributed by atoms with E-state index in [9.17, 15) is 9.90 Å². The molecule has 1 atom stereocenters. The molecule has 5 heteroatoms. The summed E-state index contributed by atoms with van der Waals surface area (Å²) >= 11 is 0. The summed E-state index contributed by atoms with van der Waals surface area (Å²) in [5, 5.41) is 13.0. The number of aliphatic hydroxyl groups is 1. The number of fused-ring (bicyclic) bond motifs is 3. The van der Waals surface area contributed by atoms with Crippen LogP contribution in [0, 0.1) is 17.3 Å². The maximum atomic E-state index is 13.7. The molecular weight excluding hydrogens is 474 g/mol. The summed E-state index contributed by atoms with van der Waals surface area (Å²) in [6.07, 6.45) is 3.19. The molecule has 5 rings (SSSR count). The Balaban J connectivity index is 1.25. The van der Waals surface area contributed by atoms with Gasteiger partial charge in [-0.15, -0.1) is 0 Å². The number of carbonyl (C=O) groups is 1. The van der Waals surface area contributed by atoms with Gasteiger partial charge in [0.1, 0.15) is 29.6 Å². The van der Waals surface area contributed by atoms with Crippen molar-refractivity contribution in [3.63, 3.8) is 0 Å². The molecule has 0 unspecified atom stereocenters. The molecule has 38 heavy (non-hydrogen) atoms. The highest BCUT2D eigenvalue weighted by Gasteiger charge is 2.34. The predicted molar refractivity (Wildman–Crippen MR) is 152 cm³/mol. The van der Waals surface area contributed by atoms with Gasteiger partial charge in [-0.2, -0.15) is 0 Å². The molecule has 0 saturated heterocycles. The van der Waals surface area contributed by atoms with Crippen molar-refractivity contribution in [2.24, 2.45) is 17.3 Å². The number of furan rings is 1. The quantitative estimate of drug-likeness (QED) is 0.270. The molecule has 0 radical (unpaired) electrons. The highest BCUT2D eigenvalue weighted by atomic mass is 16.5. The minimum Gasteiger partial charge on any atom is -0.491 e. The van der Waals surface area contributed by atoms with Crippen LogP contribution in [-0.2, 0) is 11.3 Å². The van der Waals surface area contributed by atoms with E-state index in [0.717, 1.165) is 53.2 Å². The van der Waals surface area contributed by atoms with Crippen molar-refractivity contribution < 1.29 is 19.1 Å². The van der Waals surface area contributed by atoms with Crippen LogP contribution in [-0.4, -0.2) is 35.2 Å². The zero-order chi connectivity index (χ0) is 26.7. The fourth-order valence-corrected chi connectivity index (χ4v) is 5.80. The number of ether oxygens (including phenoxy) is 1. The zero-order valence-corrected chi connectivity index (χ0v) is 22.7. The lowest BCUT2D eigenvalue weighted by atomic mass is 9.69. The number of hydrogen-bond acceptors (Lipinski definition) is 4. The van der Waals surface area contributed by atoms with Crippen LogP contribution in [0.1, 0.15) is 52.0 Å². The summed E-state index contributed by atoms with van der Waals surface area (Å²) in [6.45, 7) is 7.73. The van der Waals surface area contributed by atoms with E-state index in [4.69, 9.17) is 9.15 Å². The number of para-hydroxylation sites is 1. The summed E-state index contributed by atoms with van der Waals surface area (Å²) in [5.74, 6) is 1.48. The third-order valence-electron chi connectivity index (χ3n) is 8.05. The Morgan fingerprint density at radius 1 is 0.947 bits per heavy atom. The Kier molecular flexibility index (Phi) is 7.75. The average molecular weight is 514 g/mol. The number of amides is 1. The number of nitrogens with zero attached hydrogens (tertiary/aromatic N) is 1. The van der Waals surface area contributed by atoms with Crippen molar-refractivity contribution in [3.05, 3.63) is 78.4 Å². The van der Waals surface area contributed by atoms with Crippen molar-refractivity contribution >= 4 is 27.8 Å². The van der Waals surface area contributed by atoms with Crippen LogP contribution in [0.2, 0.25) is 0 Å². The maximum Gasteiger partial charge on any atom is 0.226 e. The lowest BCUT2D eigenvalue weighted by Crippen LogP contribution is -2.43. The van der Waals surface area contributed by atoms with Gasteiger partial charge in [0.05, 0.1) is 6.54 Å². The first kappa shape index (κ1) is 26.3. The van der Waals surface area contributed by atoms with E-state index >= 15 is 0 Å². The molecule has 1 aromatic heterocycles. The van der Waals surface area contributed by atoms with Crippen LogP contribution in [0.5, 0.6) is 5.75 Å². The number of rotatable bonds is 8. The molecular formula is C33H39NO4. The molecule has 0 aliphatic heterocycles. The third-order valence-corrected chi connectivity index (χ3v) is 8.05. The van der Waals surface area contributed by atoms with Crippen molar-refractivity contribution in [3.8, 4) is 5.75 Å². The molecule has 1 heterocycles. The average Bonchev–Trinajstić information content (AvgIpc) is 3.29. The topological polar surface area (TPSA) is 62.9 Å². The van der Waals surface area contributed by atoms with Gasteiger partial charge in [-0.05, 0) is 66.8 Å². The number of hydrogen-bond donors (Lipinski definition) is 1. The first-order chi connectivity index (χ1) is 18.3. The summed E-state index contributed by atoms with van der Waals surface area (Å²) in [6, 6.07) is 23.7. The van der Waals surface area contributed by atoms with Crippen LogP contribution >= 0.6 is 0 Å². The highest BCUT2D eigenvalue weighted by Crippen LogP contribution is 2.40. The molecule has 0 spiro atoms. The molecule has 1 amide bonds. The highest BCUT2D eigenvalue weighted by molar-refractivity contribution is 6.05. The minimum atomic E-state index is -0.801. The second-order valence-electron chi connectivity index (χ2n) is 11.8. The van der Waals surface area contributed by atoms with Gasteiger partial charge in [0.25, 0.3) is 0 Å². The Labute approximate surface area is 225 Å². The van der Waals surface area contributed by atoms with Crippen molar-refractivity contribution in [1.82, 2.24) is 4.90 Å². The normalized spacial score (nSPS) is 18.9. The van der Waals surface area contributed by atoms with Crippen LogP contribution in [0.25, 0.3) is 21.9 Å². The third kappa shape index (κ3) is 6.05. The van der Waals surface area contributed by atoms with Gasteiger partial charge in [-0.1, -0.05) is 69.3 Å². The number of carbonyl (C=O) groups excluding carboxylic acids is 1. The van der Waals surface area contributed by atoms with Gasteiger partial charge in [0.15, 0.2) is 0 Å². The van der Waals surface area contributed by atoms with Crippen LogP contribution in [0.4, 0.5) is 0 Å². The van der Waals surface area contributed by atoms with E-state index in [-0.39, 0.29) is 30.4 Å². The molecule has 1 saturated carbocycles. The second-order valence-corrected chi connectivity index (χ2v) is 11.8. The van der Waals surface area contributed by atoms with E-state index in [0.29, 0.717) is 18.2 Å². The van der Waals surface area contributed by atoms with Crippen molar-refractivity contribution in [2.45, 2.75) is 59.1 Å². The Hall–Kier alpha value is -3.31. The zero-order valence-electron chi connectivity index (χ0n) is 22.7. The molecule has 4 aromatic rings. The van der Waals surface area contributed by atoms with Gasteiger partial charge in [-0.25, -0.2) is 0 Å². The van der Waals surface area contributed by atoms with Crippen LogP contribution in [0.3, 0.4) is 0 Å².